The fourth-order valence-electron chi connectivity index (χ4n) is 3.56. The van der Waals surface area contributed by atoms with Gasteiger partial charge in [-0.05, 0) is 32.3 Å². The Hall–Kier alpha value is -1.95. The van der Waals surface area contributed by atoms with Crippen LogP contribution in [0.4, 0.5) is 5.13 Å². The minimum atomic E-state index is 0.154. The molecule has 0 radical (unpaired) electrons. The molecule has 1 aliphatic carbocycles. The molecule has 2 aromatic rings. The summed E-state index contributed by atoms with van der Waals surface area (Å²) < 4.78 is 4.52. The minimum absolute atomic E-state index is 0.154. The zero-order chi connectivity index (χ0) is 19.1. The Morgan fingerprint density at radius 2 is 1.96 bits per heavy atom. The van der Waals surface area contributed by atoms with Crippen molar-refractivity contribution in [3.8, 4) is 0 Å². The molecule has 6 heteroatoms. The standard InChI is InChI=1S/C21H30N4OS/c1-16(2)25(14-13-20(26)22-18-11-7-4-8-12-18)21-23-19(24-27-21)15-17-9-5-3-6-10-17/h3,5-6,9-10,16,18H,4,7-8,11-15H2,1-2H3,(H,22,26). The van der Waals surface area contributed by atoms with E-state index in [-0.39, 0.29) is 11.9 Å². The summed E-state index contributed by atoms with van der Waals surface area (Å²) in [5.74, 6) is 1.00. The molecule has 1 N–H and O–H groups in total. The van der Waals surface area contributed by atoms with Gasteiger partial charge in [0.25, 0.3) is 0 Å². The number of amides is 1. The lowest BCUT2D eigenvalue weighted by atomic mass is 9.95. The Morgan fingerprint density at radius 3 is 2.67 bits per heavy atom. The van der Waals surface area contributed by atoms with E-state index < -0.39 is 0 Å². The van der Waals surface area contributed by atoms with Gasteiger partial charge in [-0.1, -0.05) is 49.6 Å². The number of rotatable bonds is 8. The Kier molecular flexibility index (Phi) is 7.21. The third-order valence-electron chi connectivity index (χ3n) is 5.08. The summed E-state index contributed by atoms with van der Waals surface area (Å²) in [6, 6.07) is 10.9. The molecule has 1 aliphatic rings. The molecular formula is C21H30N4OS. The molecule has 1 heterocycles. The van der Waals surface area contributed by atoms with Crippen LogP contribution in [0.1, 0.15) is 63.8 Å². The molecule has 0 atom stereocenters. The van der Waals surface area contributed by atoms with Crippen LogP contribution in [-0.4, -0.2) is 33.9 Å². The average molecular weight is 387 g/mol. The summed E-state index contributed by atoms with van der Waals surface area (Å²) in [5, 5.41) is 4.11. The van der Waals surface area contributed by atoms with Crippen molar-refractivity contribution in [2.75, 3.05) is 11.4 Å². The van der Waals surface area contributed by atoms with Crippen LogP contribution in [0.3, 0.4) is 0 Å². The highest BCUT2D eigenvalue weighted by molar-refractivity contribution is 7.09. The molecule has 0 saturated heterocycles. The predicted octanol–water partition coefficient (Wildman–Crippen LogP) is 4.18. The van der Waals surface area contributed by atoms with E-state index in [1.807, 2.05) is 18.2 Å². The molecule has 1 fully saturated rings. The highest BCUT2D eigenvalue weighted by atomic mass is 32.1. The molecule has 146 valence electrons. The number of carbonyl (C=O) groups excluding carboxylic acids is 1. The lowest BCUT2D eigenvalue weighted by Crippen LogP contribution is -2.39. The van der Waals surface area contributed by atoms with Crippen molar-refractivity contribution in [2.24, 2.45) is 0 Å². The zero-order valence-electron chi connectivity index (χ0n) is 16.4. The van der Waals surface area contributed by atoms with Crippen LogP contribution < -0.4 is 10.2 Å². The van der Waals surface area contributed by atoms with Crippen LogP contribution in [0.15, 0.2) is 30.3 Å². The fraction of sp³-hybridized carbons (Fsp3) is 0.571. The quantitative estimate of drug-likeness (QED) is 0.739. The third-order valence-corrected chi connectivity index (χ3v) is 5.87. The summed E-state index contributed by atoms with van der Waals surface area (Å²) in [6.45, 7) is 4.95. The van der Waals surface area contributed by atoms with Crippen LogP contribution in [-0.2, 0) is 11.2 Å². The van der Waals surface area contributed by atoms with Gasteiger partial charge in [0.1, 0.15) is 5.82 Å². The molecule has 1 amide bonds. The van der Waals surface area contributed by atoms with Gasteiger partial charge in [-0.25, -0.2) is 4.98 Å². The maximum atomic E-state index is 12.3. The van der Waals surface area contributed by atoms with Crippen LogP contribution in [0.5, 0.6) is 0 Å². The molecule has 27 heavy (non-hydrogen) atoms. The predicted molar refractivity (Wildman–Crippen MR) is 111 cm³/mol. The lowest BCUT2D eigenvalue weighted by molar-refractivity contribution is -0.121. The summed E-state index contributed by atoms with van der Waals surface area (Å²) >= 11 is 1.43. The first-order valence-electron chi connectivity index (χ1n) is 10.0. The Bertz CT molecular complexity index is 710. The van der Waals surface area contributed by atoms with E-state index in [1.165, 1.54) is 36.4 Å². The highest BCUT2D eigenvalue weighted by Crippen LogP contribution is 2.22. The van der Waals surface area contributed by atoms with Gasteiger partial charge in [0, 0.05) is 43.0 Å². The van der Waals surface area contributed by atoms with Gasteiger partial charge in [-0.3, -0.25) is 4.79 Å². The topological polar surface area (TPSA) is 58.1 Å². The Balaban J connectivity index is 1.54. The van der Waals surface area contributed by atoms with Crippen molar-refractivity contribution < 1.29 is 4.79 Å². The zero-order valence-corrected chi connectivity index (χ0v) is 17.2. The molecule has 0 unspecified atom stereocenters. The smallest absolute Gasteiger partial charge is 0.221 e. The SMILES string of the molecule is CC(C)N(CCC(=O)NC1CCCCC1)c1nc(Cc2ccccc2)ns1. The number of hydrogen-bond donors (Lipinski definition) is 1. The first-order valence-corrected chi connectivity index (χ1v) is 10.8. The van der Waals surface area contributed by atoms with Crippen molar-refractivity contribution in [3.05, 3.63) is 41.7 Å². The summed E-state index contributed by atoms with van der Waals surface area (Å²) in [6.07, 6.45) is 7.26. The number of hydrogen-bond acceptors (Lipinski definition) is 5. The first-order chi connectivity index (χ1) is 13.1. The third kappa shape index (κ3) is 6.03. The van der Waals surface area contributed by atoms with Gasteiger partial charge in [-0.2, -0.15) is 4.37 Å². The number of anilines is 1. The van der Waals surface area contributed by atoms with Crippen molar-refractivity contribution in [1.82, 2.24) is 14.7 Å². The van der Waals surface area contributed by atoms with Gasteiger partial charge in [0.15, 0.2) is 0 Å². The van der Waals surface area contributed by atoms with Crippen LogP contribution in [0, 0.1) is 0 Å². The fourth-order valence-corrected chi connectivity index (χ4v) is 4.40. The lowest BCUT2D eigenvalue weighted by Gasteiger charge is -2.27. The highest BCUT2D eigenvalue weighted by Gasteiger charge is 2.19. The molecular weight excluding hydrogens is 356 g/mol. The molecule has 1 aromatic heterocycles. The molecule has 0 aliphatic heterocycles. The second-order valence-corrected chi connectivity index (χ2v) is 8.33. The van der Waals surface area contributed by atoms with Crippen LogP contribution in [0.2, 0.25) is 0 Å². The number of aromatic nitrogens is 2. The number of benzene rings is 1. The number of nitrogens with one attached hydrogen (secondary N) is 1. The molecule has 0 bridgehead atoms. The monoisotopic (exact) mass is 386 g/mol. The van der Waals surface area contributed by atoms with E-state index in [4.69, 9.17) is 4.98 Å². The molecule has 0 spiro atoms. The minimum Gasteiger partial charge on any atom is -0.353 e. The molecule has 3 rings (SSSR count). The maximum absolute atomic E-state index is 12.3. The Labute approximate surface area is 166 Å². The second kappa shape index (κ2) is 9.83. The van der Waals surface area contributed by atoms with E-state index in [9.17, 15) is 4.79 Å². The Morgan fingerprint density at radius 1 is 1.22 bits per heavy atom. The van der Waals surface area contributed by atoms with Gasteiger partial charge in [0.05, 0.1) is 0 Å². The van der Waals surface area contributed by atoms with E-state index in [0.29, 0.717) is 19.0 Å². The van der Waals surface area contributed by atoms with Gasteiger partial charge >= 0.3 is 0 Å². The largest absolute Gasteiger partial charge is 0.353 e. The first kappa shape index (κ1) is 19.8. The second-order valence-electron chi connectivity index (χ2n) is 7.60. The molecule has 5 nitrogen and oxygen atoms in total. The van der Waals surface area contributed by atoms with Crippen molar-refractivity contribution >= 4 is 22.6 Å². The molecule has 1 saturated carbocycles. The number of nitrogens with zero attached hydrogens (tertiary/aromatic N) is 3. The van der Waals surface area contributed by atoms with E-state index in [0.717, 1.165) is 30.2 Å². The average Bonchev–Trinajstić information content (AvgIpc) is 3.11. The van der Waals surface area contributed by atoms with E-state index in [2.05, 4.69) is 40.6 Å². The van der Waals surface area contributed by atoms with Crippen LogP contribution in [0.25, 0.3) is 0 Å². The summed E-state index contributed by atoms with van der Waals surface area (Å²) in [5.41, 5.74) is 1.21. The van der Waals surface area contributed by atoms with Crippen molar-refractivity contribution in [2.45, 2.75) is 70.9 Å². The summed E-state index contributed by atoms with van der Waals surface area (Å²) in [4.78, 5) is 19.3. The normalized spacial score (nSPS) is 15.1. The van der Waals surface area contributed by atoms with E-state index in [1.54, 1.807) is 0 Å². The van der Waals surface area contributed by atoms with Gasteiger partial charge < -0.3 is 10.2 Å². The van der Waals surface area contributed by atoms with Crippen LogP contribution >= 0.6 is 11.5 Å². The maximum Gasteiger partial charge on any atom is 0.221 e. The summed E-state index contributed by atoms with van der Waals surface area (Å²) in [7, 11) is 0. The van der Waals surface area contributed by atoms with Crippen molar-refractivity contribution in [3.63, 3.8) is 0 Å². The van der Waals surface area contributed by atoms with Gasteiger partial charge in [-0.15, -0.1) is 0 Å². The molecule has 1 aromatic carbocycles. The van der Waals surface area contributed by atoms with E-state index >= 15 is 0 Å². The number of carbonyl (C=O) groups is 1. The van der Waals surface area contributed by atoms with Gasteiger partial charge in [0.2, 0.25) is 11.0 Å². The van der Waals surface area contributed by atoms with Crippen molar-refractivity contribution in [1.29, 1.82) is 0 Å².